The highest BCUT2D eigenvalue weighted by atomic mass is 16.5. The van der Waals surface area contributed by atoms with Gasteiger partial charge >= 0.3 is 5.97 Å². The van der Waals surface area contributed by atoms with Crippen LogP contribution in [0.2, 0.25) is 0 Å². The molecule has 1 aliphatic rings. The first kappa shape index (κ1) is 15.0. The second-order valence-electron chi connectivity index (χ2n) is 6.45. The quantitative estimate of drug-likeness (QED) is 0.844. The number of esters is 1. The summed E-state index contributed by atoms with van der Waals surface area (Å²) in [5.41, 5.74) is -0.232. The molecule has 1 saturated heterocycles. The van der Waals surface area contributed by atoms with Gasteiger partial charge in [0.2, 0.25) is 0 Å². The fraction of sp³-hybridized carbons (Fsp3) is 0.562. The van der Waals surface area contributed by atoms with E-state index in [0.717, 1.165) is 0 Å². The summed E-state index contributed by atoms with van der Waals surface area (Å²) in [5.74, 6) is -0.300. The number of nitrogens with zero attached hydrogens (tertiary/aromatic N) is 1. The van der Waals surface area contributed by atoms with Crippen LogP contribution in [0, 0.1) is 5.41 Å². The molecule has 1 heterocycles. The van der Waals surface area contributed by atoms with Crippen LogP contribution in [0.25, 0.3) is 0 Å². The third-order valence-electron chi connectivity index (χ3n) is 4.89. The maximum absolute atomic E-state index is 12.2. The van der Waals surface area contributed by atoms with Crippen LogP contribution in [-0.4, -0.2) is 34.4 Å². The van der Waals surface area contributed by atoms with Crippen LogP contribution in [0.1, 0.15) is 44.5 Å². The summed E-state index contributed by atoms with van der Waals surface area (Å²) in [5, 5.41) is 11.4. The Hall–Kier alpha value is -1.39. The largest absolute Gasteiger partial charge is 0.458 e. The van der Waals surface area contributed by atoms with E-state index >= 15 is 0 Å². The number of hydrogen-bond acceptors (Lipinski definition) is 4. The van der Waals surface area contributed by atoms with E-state index in [1.165, 1.54) is 5.06 Å². The molecule has 1 atom stereocenters. The molecule has 4 nitrogen and oxygen atoms in total. The summed E-state index contributed by atoms with van der Waals surface area (Å²) in [4.78, 5) is 12.2. The Morgan fingerprint density at radius 2 is 1.85 bits per heavy atom. The summed E-state index contributed by atoms with van der Waals surface area (Å²) < 4.78 is 5.70. The molecule has 4 heteroatoms. The minimum Gasteiger partial charge on any atom is -0.458 e. The van der Waals surface area contributed by atoms with Gasteiger partial charge in [0.15, 0.2) is 0 Å². The standard InChI is InChI=1S/C16H23NO3/c1-15(2)13(10-11-17(19)16(15,3)4)20-14(18)12-8-6-5-7-9-12/h5-9,13,19H,10-11H2,1-4H3. The lowest BCUT2D eigenvalue weighted by Gasteiger charge is -2.53. The van der Waals surface area contributed by atoms with Crippen molar-refractivity contribution in [1.82, 2.24) is 5.06 Å². The summed E-state index contributed by atoms with van der Waals surface area (Å²) in [6, 6.07) is 9.02. The Bertz CT molecular complexity index is 482. The first-order chi connectivity index (χ1) is 9.26. The van der Waals surface area contributed by atoms with Crippen LogP contribution in [0.15, 0.2) is 30.3 Å². The van der Waals surface area contributed by atoms with Gasteiger partial charge in [0, 0.05) is 23.9 Å². The Labute approximate surface area is 120 Å². The Balaban J connectivity index is 2.16. The van der Waals surface area contributed by atoms with E-state index in [1.807, 2.05) is 45.9 Å². The lowest BCUT2D eigenvalue weighted by atomic mass is 9.67. The molecule has 0 saturated carbocycles. The van der Waals surface area contributed by atoms with E-state index in [9.17, 15) is 10.0 Å². The number of hydroxylamine groups is 2. The van der Waals surface area contributed by atoms with Crippen LogP contribution in [0.5, 0.6) is 0 Å². The number of carbonyl (C=O) groups excluding carboxylic acids is 1. The van der Waals surface area contributed by atoms with Crippen molar-refractivity contribution in [2.45, 2.75) is 45.8 Å². The van der Waals surface area contributed by atoms with Gasteiger partial charge in [-0.25, -0.2) is 4.79 Å². The minimum absolute atomic E-state index is 0.214. The third-order valence-corrected chi connectivity index (χ3v) is 4.89. The van der Waals surface area contributed by atoms with Gasteiger partial charge < -0.3 is 9.94 Å². The van der Waals surface area contributed by atoms with Crippen LogP contribution in [-0.2, 0) is 4.74 Å². The van der Waals surface area contributed by atoms with Crippen LogP contribution in [0.3, 0.4) is 0 Å². The van der Waals surface area contributed by atoms with Gasteiger partial charge in [-0.15, -0.1) is 0 Å². The highest BCUT2D eigenvalue weighted by Crippen LogP contribution is 2.44. The second-order valence-corrected chi connectivity index (χ2v) is 6.45. The van der Waals surface area contributed by atoms with E-state index in [1.54, 1.807) is 12.1 Å². The lowest BCUT2D eigenvalue weighted by molar-refractivity contribution is -0.244. The Morgan fingerprint density at radius 3 is 2.45 bits per heavy atom. The zero-order valence-corrected chi connectivity index (χ0v) is 12.6. The molecular weight excluding hydrogens is 254 g/mol. The second kappa shape index (κ2) is 5.19. The van der Waals surface area contributed by atoms with Crippen molar-refractivity contribution in [3.63, 3.8) is 0 Å². The number of rotatable bonds is 2. The Kier molecular flexibility index (Phi) is 3.89. The maximum Gasteiger partial charge on any atom is 0.338 e. The molecule has 0 radical (unpaired) electrons. The predicted octanol–water partition coefficient (Wildman–Crippen LogP) is 3.11. The zero-order valence-electron chi connectivity index (χ0n) is 12.6. The molecule has 2 rings (SSSR count). The van der Waals surface area contributed by atoms with Crippen molar-refractivity contribution in [1.29, 1.82) is 0 Å². The monoisotopic (exact) mass is 277 g/mol. The zero-order chi connectivity index (χ0) is 15.0. The molecule has 1 aromatic rings. The molecule has 110 valence electrons. The van der Waals surface area contributed by atoms with Crippen molar-refractivity contribution in [2.75, 3.05) is 6.54 Å². The molecule has 20 heavy (non-hydrogen) atoms. The van der Waals surface area contributed by atoms with E-state index in [2.05, 4.69) is 0 Å². The summed E-state index contributed by atoms with van der Waals surface area (Å²) in [6.45, 7) is 8.49. The number of hydrogen-bond donors (Lipinski definition) is 1. The maximum atomic E-state index is 12.2. The van der Waals surface area contributed by atoms with E-state index in [4.69, 9.17) is 4.74 Å². The molecule has 1 unspecified atom stereocenters. The van der Waals surface area contributed by atoms with Crippen molar-refractivity contribution < 1.29 is 14.7 Å². The van der Waals surface area contributed by atoms with E-state index in [-0.39, 0.29) is 17.5 Å². The lowest BCUT2D eigenvalue weighted by Crippen LogP contribution is -2.62. The molecule has 0 bridgehead atoms. The van der Waals surface area contributed by atoms with E-state index in [0.29, 0.717) is 18.5 Å². The van der Waals surface area contributed by atoms with Gasteiger partial charge in [-0.2, -0.15) is 5.06 Å². The first-order valence-corrected chi connectivity index (χ1v) is 6.99. The fourth-order valence-corrected chi connectivity index (χ4v) is 2.58. The van der Waals surface area contributed by atoms with Crippen LogP contribution >= 0.6 is 0 Å². The van der Waals surface area contributed by atoms with Crippen LogP contribution < -0.4 is 0 Å². The third kappa shape index (κ3) is 2.45. The van der Waals surface area contributed by atoms with Gasteiger partial charge in [-0.05, 0) is 26.0 Å². The van der Waals surface area contributed by atoms with Crippen molar-refractivity contribution in [3.05, 3.63) is 35.9 Å². The molecule has 1 aromatic carbocycles. The first-order valence-electron chi connectivity index (χ1n) is 6.99. The Morgan fingerprint density at radius 1 is 1.25 bits per heavy atom. The predicted molar refractivity (Wildman–Crippen MR) is 76.6 cm³/mol. The topological polar surface area (TPSA) is 49.8 Å². The molecule has 0 aromatic heterocycles. The molecule has 1 N–H and O–H groups in total. The molecule has 1 aliphatic heterocycles. The number of ether oxygens (including phenoxy) is 1. The normalized spacial score (nSPS) is 25.1. The van der Waals surface area contributed by atoms with Crippen molar-refractivity contribution in [3.8, 4) is 0 Å². The molecule has 0 aliphatic carbocycles. The van der Waals surface area contributed by atoms with Gasteiger partial charge in [0.1, 0.15) is 6.10 Å². The number of benzene rings is 1. The van der Waals surface area contributed by atoms with Crippen molar-refractivity contribution in [2.24, 2.45) is 5.41 Å². The molecule has 0 amide bonds. The minimum atomic E-state index is -0.452. The van der Waals surface area contributed by atoms with Gasteiger partial charge in [-0.3, -0.25) is 0 Å². The number of piperidine rings is 1. The van der Waals surface area contributed by atoms with Crippen molar-refractivity contribution >= 4 is 5.97 Å². The SMILES string of the molecule is CC1(C)C(OC(=O)c2ccccc2)CCN(O)C1(C)C. The summed E-state index contributed by atoms with van der Waals surface area (Å²) >= 11 is 0. The molecule has 0 spiro atoms. The summed E-state index contributed by atoms with van der Waals surface area (Å²) in [6.07, 6.45) is 0.416. The fourth-order valence-electron chi connectivity index (χ4n) is 2.58. The molecule has 1 fully saturated rings. The average molecular weight is 277 g/mol. The summed E-state index contributed by atoms with van der Waals surface area (Å²) in [7, 11) is 0. The average Bonchev–Trinajstić information content (AvgIpc) is 2.41. The van der Waals surface area contributed by atoms with Gasteiger partial charge in [0.05, 0.1) is 5.56 Å². The molecular formula is C16H23NO3. The number of carbonyl (C=O) groups is 1. The highest BCUT2D eigenvalue weighted by Gasteiger charge is 2.51. The smallest absolute Gasteiger partial charge is 0.338 e. The van der Waals surface area contributed by atoms with Gasteiger partial charge in [-0.1, -0.05) is 32.0 Å². The van der Waals surface area contributed by atoms with Crippen LogP contribution in [0.4, 0.5) is 0 Å². The van der Waals surface area contributed by atoms with E-state index < -0.39 is 5.54 Å². The highest BCUT2D eigenvalue weighted by molar-refractivity contribution is 5.89. The van der Waals surface area contributed by atoms with Gasteiger partial charge in [0.25, 0.3) is 0 Å².